The van der Waals surface area contributed by atoms with E-state index in [4.69, 9.17) is 5.11 Å². The van der Waals surface area contributed by atoms with Gasteiger partial charge in [-0.25, -0.2) is 9.80 Å². The smallest absolute Gasteiger partial charge is 0.419 e. The Kier molecular flexibility index (Phi) is 4.19. The van der Waals surface area contributed by atoms with Crippen molar-refractivity contribution in [2.45, 2.75) is 37.3 Å². The first-order chi connectivity index (χ1) is 12.3. The number of hydrazine groups is 1. The number of amides is 1. The SMILES string of the molecule is CN1C=CC2(C)c3cc([C@H]4CCCN(NC(=O)O)C4)cc(Br)c3N(C)C12. The second-order valence-electron chi connectivity index (χ2n) is 7.85. The summed E-state index contributed by atoms with van der Waals surface area (Å²) in [5, 5.41) is 10.8. The van der Waals surface area contributed by atoms with Crippen molar-refractivity contribution in [3.05, 3.63) is 40.0 Å². The number of hydrogen-bond donors (Lipinski definition) is 2. The Balaban J connectivity index is 1.69. The highest BCUT2D eigenvalue weighted by Gasteiger charge is 2.50. The molecule has 0 aromatic heterocycles. The average molecular weight is 421 g/mol. The first kappa shape index (κ1) is 17.7. The lowest BCUT2D eigenvalue weighted by molar-refractivity contribution is 0.116. The van der Waals surface area contributed by atoms with Gasteiger partial charge in [0.2, 0.25) is 0 Å². The van der Waals surface area contributed by atoms with E-state index < -0.39 is 6.09 Å². The van der Waals surface area contributed by atoms with Gasteiger partial charge in [0, 0.05) is 31.7 Å². The number of benzene rings is 1. The maximum Gasteiger partial charge on any atom is 0.419 e. The number of nitrogens with one attached hydrogen (secondary N) is 1. The molecule has 1 aromatic rings. The fraction of sp³-hybridized carbons (Fsp3) is 0.526. The summed E-state index contributed by atoms with van der Waals surface area (Å²) in [6.07, 6.45) is 5.84. The van der Waals surface area contributed by atoms with Crippen molar-refractivity contribution < 1.29 is 9.90 Å². The van der Waals surface area contributed by atoms with Crippen molar-refractivity contribution in [2.24, 2.45) is 0 Å². The Morgan fingerprint density at radius 2 is 2.15 bits per heavy atom. The van der Waals surface area contributed by atoms with Crippen molar-refractivity contribution in [1.82, 2.24) is 15.3 Å². The van der Waals surface area contributed by atoms with Crippen LogP contribution in [0.3, 0.4) is 0 Å². The molecular formula is C19H25BrN4O2. The lowest BCUT2D eigenvalue weighted by atomic mass is 9.80. The highest BCUT2D eigenvalue weighted by atomic mass is 79.9. The lowest BCUT2D eigenvalue weighted by Gasteiger charge is -2.33. The minimum atomic E-state index is -0.989. The molecule has 2 N–H and O–H groups in total. The second kappa shape index (κ2) is 6.16. The summed E-state index contributed by atoms with van der Waals surface area (Å²) in [4.78, 5) is 15.6. The zero-order valence-electron chi connectivity index (χ0n) is 15.4. The van der Waals surface area contributed by atoms with E-state index in [1.807, 2.05) is 5.01 Å². The van der Waals surface area contributed by atoms with Crippen LogP contribution in [0.1, 0.15) is 36.8 Å². The van der Waals surface area contributed by atoms with Crippen LogP contribution in [-0.4, -0.2) is 54.5 Å². The number of piperidine rings is 1. The quantitative estimate of drug-likeness (QED) is 0.768. The summed E-state index contributed by atoms with van der Waals surface area (Å²) < 4.78 is 1.12. The molecule has 2 unspecified atom stereocenters. The van der Waals surface area contributed by atoms with Crippen LogP contribution in [0.25, 0.3) is 0 Å². The Bertz CT molecular complexity index is 783. The van der Waals surface area contributed by atoms with Gasteiger partial charge in [0.15, 0.2) is 0 Å². The minimum Gasteiger partial charge on any atom is -0.464 e. The van der Waals surface area contributed by atoms with Crippen LogP contribution >= 0.6 is 15.9 Å². The maximum absolute atomic E-state index is 11.0. The number of fused-ring (bicyclic) bond motifs is 3. The second-order valence-corrected chi connectivity index (χ2v) is 8.70. The van der Waals surface area contributed by atoms with Crippen molar-refractivity contribution in [2.75, 3.05) is 32.1 Å². The summed E-state index contributed by atoms with van der Waals surface area (Å²) in [6, 6.07) is 4.56. The zero-order valence-corrected chi connectivity index (χ0v) is 17.0. The summed E-state index contributed by atoms with van der Waals surface area (Å²) in [6.45, 7) is 3.78. The van der Waals surface area contributed by atoms with Crippen molar-refractivity contribution in [3.63, 3.8) is 0 Å². The third-order valence-corrected chi connectivity index (χ3v) is 6.71. The monoisotopic (exact) mass is 420 g/mol. The normalized spacial score (nSPS) is 30.5. The van der Waals surface area contributed by atoms with E-state index in [-0.39, 0.29) is 5.41 Å². The number of anilines is 1. The third kappa shape index (κ3) is 2.60. The predicted molar refractivity (Wildman–Crippen MR) is 105 cm³/mol. The largest absolute Gasteiger partial charge is 0.464 e. The van der Waals surface area contributed by atoms with Crippen LogP contribution in [0.5, 0.6) is 0 Å². The van der Waals surface area contributed by atoms with Crippen molar-refractivity contribution in [1.29, 1.82) is 0 Å². The van der Waals surface area contributed by atoms with E-state index in [9.17, 15) is 4.79 Å². The molecule has 0 spiro atoms. The van der Waals surface area contributed by atoms with E-state index in [2.05, 4.69) is 76.6 Å². The third-order valence-electron chi connectivity index (χ3n) is 6.11. The molecule has 0 radical (unpaired) electrons. The van der Waals surface area contributed by atoms with Gasteiger partial charge in [-0.05, 0) is 65.0 Å². The first-order valence-electron chi connectivity index (χ1n) is 9.04. The zero-order chi connectivity index (χ0) is 18.6. The maximum atomic E-state index is 11.0. The van der Waals surface area contributed by atoms with E-state index in [0.717, 1.165) is 23.9 Å². The van der Waals surface area contributed by atoms with Gasteiger partial charge in [-0.15, -0.1) is 0 Å². The summed E-state index contributed by atoms with van der Waals surface area (Å²) >= 11 is 3.81. The fourth-order valence-corrected chi connectivity index (χ4v) is 5.76. The van der Waals surface area contributed by atoms with E-state index in [1.54, 1.807) is 0 Å². The number of hydrogen-bond acceptors (Lipinski definition) is 4. The highest BCUT2D eigenvalue weighted by Crippen LogP contribution is 2.53. The van der Waals surface area contributed by atoms with Gasteiger partial charge in [-0.2, -0.15) is 0 Å². The molecule has 140 valence electrons. The minimum absolute atomic E-state index is 0.0367. The van der Waals surface area contributed by atoms with Crippen LogP contribution in [-0.2, 0) is 5.41 Å². The van der Waals surface area contributed by atoms with Crippen molar-refractivity contribution >= 4 is 27.7 Å². The molecule has 1 amide bonds. The Hall–Kier alpha value is -1.73. The molecular weight excluding hydrogens is 396 g/mol. The Morgan fingerprint density at radius 3 is 2.88 bits per heavy atom. The van der Waals surface area contributed by atoms with Crippen molar-refractivity contribution in [3.8, 4) is 0 Å². The molecule has 3 heterocycles. The predicted octanol–water partition coefficient (Wildman–Crippen LogP) is 3.30. The Morgan fingerprint density at radius 1 is 1.38 bits per heavy atom. The molecule has 0 bridgehead atoms. The standard InChI is InChI=1S/C19H25BrN4O2/c1-19-6-8-22(2)17(19)23(3)16-14(19)9-13(10-15(16)20)12-5-4-7-24(11-12)21-18(25)26/h6,8-10,12,17,21H,4-5,7,11H2,1-3H3,(H,25,26)/t12-,17?,19?/m0/s1. The van der Waals surface area contributed by atoms with E-state index >= 15 is 0 Å². The van der Waals surface area contributed by atoms with Crippen LogP contribution in [0.4, 0.5) is 10.5 Å². The fourth-order valence-electron chi connectivity index (χ4n) is 5.00. The molecule has 1 aromatic carbocycles. The molecule has 6 nitrogen and oxygen atoms in total. The number of nitrogens with zero attached hydrogens (tertiary/aromatic N) is 3. The van der Waals surface area contributed by atoms with Gasteiger partial charge in [0.1, 0.15) is 6.17 Å². The number of halogens is 1. The highest BCUT2D eigenvalue weighted by molar-refractivity contribution is 9.10. The topological polar surface area (TPSA) is 59.1 Å². The number of likely N-dealkylation sites (N-methyl/N-ethyl adjacent to an activating group) is 2. The van der Waals surface area contributed by atoms with Gasteiger partial charge < -0.3 is 14.9 Å². The van der Waals surface area contributed by atoms with Gasteiger partial charge in [0.05, 0.1) is 11.1 Å². The average Bonchev–Trinajstić information content (AvgIpc) is 3.00. The molecule has 1 saturated heterocycles. The lowest BCUT2D eigenvalue weighted by Crippen LogP contribution is -2.46. The number of carboxylic acid groups (broad SMARTS) is 1. The van der Waals surface area contributed by atoms with E-state index in [0.29, 0.717) is 18.6 Å². The Labute approximate surface area is 162 Å². The van der Waals surface area contributed by atoms with Gasteiger partial charge in [-0.3, -0.25) is 5.43 Å². The first-order valence-corrected chi connectivity index (χ1v) is 9.83. The number of carbonyl (C=O) groups is 1. The molecule has 4 rings (SSSR count). The van der Waals surface area contributed by atoms with Gasteiger partial charge >= 0.3 is 6.09 Å². The summed E-state index contributed by atoms with van der Waals surface area (Å²) in [5.41, 5.74) is 6.37. The molecule has 3 aliphatic rings. The molecule has 0 aliphatic carbocycles. The van der Waals surface area contributed by atoms with Crippen LogP contribution in [0.15, 0.2) is 28.9 Å². The van der Waals surface area contributed by atoms with Crippen LogP contribution in [0.2, 0.25) is 0 Å². The number of rotatable bonds is 2. The molecule has 1 fully saturated rings. The molecule has 7 heteroatoms. The van der Waals surface area contributed by atoms with Gasteiger partial charge in [-0.1, -0.05) is 12.1 Å². The van der Waals surface area contributed by atoms with E-state index in [1.165, 1.54) is 16.8 Å². The molecule has 3 atom stereocenters. The molecule has 3 aliphatic heterocycles. The summed E-state index contributed by atoms with van der Waals surface area (Å²) in [5.74, 6) is 0.327. The van der Waals surface area contributed by atoms with Gasteiger partial charge in [0.25, 0.3) is 0 Å². The van der Waals surface area contributed by atoms with Crippen LogP contribution < -0.4 is 10.3 Å². The summed E-state index contributed by atoms with van der Waals surface area (Å²) in [7, 11) is 4.28. The molecule has 0 saturated carbocycles. The van der Waals surface area contributed by atoms with Crippen LogP contribution in [0, 0.1) is 0 Å². The molecule has 26 heavy (non-hydrogen) atoms.